The van der Waals surface area contributed by atoms with Gasteiger partial charge in [0.1, 0.15) is 5.54 Å². The Hall–Kier alpha value is -3.16. The molecule has 0 fully saturated rings. The zero-order valence-electron chi connectivity index (χ0n) is 13.3. The van der Waals surface area contributed by atoms with Crippen molar-refractivity contribution in [1.82, 2.24) is 15.7 Å². The van der Waals surface area contributed by atoms with Crippen LogP contribution >= 0.6 is 0 Å². The third kappa shape index (κ3) is 3.27. The SMILES string of the molecule is C=CCNC(=O)NC(C)(C)C(=O)ON1C(=O)c2ccccc2C1=O. The fraction of sp³-hybridized carbons (Fsp3) is 0.250. The second kappa shape index (κ2) is 6.53. The van der Waals surface area contributed by atoms with Crippen molar-refractivity contribution in [3.63, 3.8) is 0 Å². The third-order valence-electron chi connectivity index (χ3n) is 3.27. The summed E-state index contributed by atoms with van der Waals surface area (Å²) in [6.07, 6.45) is 1.48. The van der Waals surface area contributed by atoms with Gasteiger partial charge in [0.15, 0.2) is 0 Å². The van der Waals surface area contributed by atoms with Crippen LogP contribution in [0, 0.1) is 0 Å². The molecule has 1 aromatic carbocycles. The number of carbonyl (C=O) groups is 4. The van der Waals surface area contributed by atoms with Gasteiger partial charge in [0.25, 0.3) is 11.8 Å². The Morgan fingerprint density at radius 1 is 1.21 bits per heavy atom. The van der Waals surface area contributed by atoms with Gasteiger partial charge in [0, 0.05) is 6.54 Å². The largest absolute Gasteiger partial charge is 0.357 e. The van der Waals surface area contributed by atoms with Crippen molar-refractivity contribution < 1.29 is 24.0 Å². The van der Waals surface area contributed by atoms with Crippen LogP contribution in [-0.2, 0) is 9.63 Å². The minimum atomic E-state index is -1.46. The highest BCUT2D eigenvalue weighted by Crippen LogP contribution is 2.23. The second-order valence-corrected chi connectivity index (χ2v) is 5.58. The summed E-state index contributed by atoms with van der Waals surface area (Å²) in [6, 6.07) is 5.53. The Balaban J connectivity index is 2.07. The van der Waals surface area contributed by atoms with Crippen LogP contribution in [0.2, 0.25) is 0 Å². The van der Waals surface area contributed by atoms with Crippen molar-refractivity contribution in [2.24, 2.45) is 0 Å². The molecule has 2 rings (SSSR count). The van der Waals surface area contributed by atoms with Crippen molar-refractivity contribution in [2.45, 2.75) is 19.4 Å². The minimum Gasteiger partial charge on any atom is -0.335 e. The summed E-state index contributed by atoms with van der Waals surface area (Å²) in [7, 11) is 0. The average molecular weight is 331 g/mol. The fourth-order valence-corrected chi connectivity index (χ4v) is 1.99. The molecule has 1 heterocycles. The fourth-order valence-electron chi connectivity index (χ4n) is 1.99. The number of fused-ring (bicyclic) bond motifs is 1. The number of rotatable bonds is 5. The summed E-state index contributed by atoms with van der Waals surface area (Å²) >= 11 is 0. The molecule has 8 heteroatoms. The molecule has 126 valence electrons. The molecule has 0 bridgehead atoms. The maximum Gasteiger partial charge on any atom is 0.357 e. The van der Waals surface area contributed by atoms with Gasteiger partial charge in [-0.1, -0.05) is 23.3 Å². The number of carbonyl (C=O) groups excluding carboxylic acids is 4. The van der Waals surface area contributed by atoms with Gasteiger partial charge in [-0.05, 0) is 26.0 Å². The first-order chi connectivity index (χ1) is 11.3. The number of imide groups is 1. The van der Waals surface area contributed by atoms with E-state index in [9.17, 15) is 19.2 Å². The molecule has 0 aromatic heterocycles. The Bertz CT molecular complexity index is 691. The third-order valence-corrected chi connectivity index (χ3v) is 3.27. The lowest BCUT2D eigenvalue weighted by Gasteiger charge is -2.25. The van der Waals surface area contributed by atoms with Crippen molar-refractivity contribution in [3.05, 3.63) is 48.0 Å². The first kappa shape index (κ1) is 17.2. The molecule has 1 aliphatic rings. The van der Waals surface area contributed by atoms with Gasteiger partial charge in [0.2, 0.25) is 0 Å². The maximum absolute atomic E-state index is 12.2. The molecule has 0 unspecified atom stereocenters. The molecule has 1 aliphatic heterocycles. The van der Waals surface area contributed by atoms with Crippen LogP contribution in [0.15, 0.2) is 36.9 Å². The molecule has 24 heavy (non-hydrogen) atoms. The molecular weight excluding hydrogens is 314 g/mol. The summed E-state index contributed by atoms with van der Waals surface area (Å²) in [6.45, 7) is 6.45. The van der Waals surface area contributed by atoms with Crippen LogP contribution in [-0.4, -0.2) is 41.0 Å². The molecule has 0 spiro atoms. The van der Waals surface area contributed by atoms with Crippen LogP contribution in [0.1, 0.15) is 34.6 Å². The van der Waals surface area contributed by atoms with Crippen molar-refractivity contribution in [1.29, 1.82) is 0 Å². The highest BCUT2D eigenvalue weighted by atomic mass is 16.7. The molecular formula is C16H17N3O5. The number of benzene rings is 1. The molecule has 0 saturated heterocycles. The number of nitrogens with one attached hydrogen (secondary N) is 2. The molecule has 0 saturated carbocycles. The lowest BCUT2D eigenvalue weighted by atomic mass is 10.1. The Morgan fingerprint density at radius 3 is 2.25 bits per heavy atom. The molecule has 4 amide bonds. The van der Waals surface area contributed by atoms with Crippen molar-refractivity contribution >= 4 is 23.8 Å². The summed E-state index contributed by atoms with van der Waals surface area (Å²) in [5.41, 5.74) is -1.14. The van der Waals surface area contributed by atoms with Gasteiger partial charge in [0.05, 0.1) is 11.1 Å². The molecule has 0 aliphatic carbocycles. The van der Waals surface area contributed by atoms with E-state index >= 15 is 0 Å². The van der Waals surface area contributed by atoms with Crippen LogP contribution in [0.3, 0.4) is 0 Å². The van der Waals surface area contributed by atoms with Gasteiger partial charge in [-0.25, -0.2) is 9.59 Å². The van der Waals surface area contributed by atoms with Crippen molar-refractivity contribution in [2.75, 3.05) is 6.54 Å². The Labute approximate surface area is 138 Å². The first-order valence-electron chi connectivity index (χ1n) is 7.15. The summed E-state index contributed by atoms with van der Waals surface area (Å²) in [5.74, 6) is -2.41. The maximum atomic E-state index is 12.2. The number of hydrogen-bond donors (Lipinski definition) is 2. The Kier molecular flexibility index (Phi) is 4.68. The highest BCUT2D eigenvalue weighted by molar-refractivity contribution is 6.21. The van der Waals surface area contributed by atoms with E-state index in [1.165, 1.54) is 32.1 Å². The lowest BCUT2D eigenvalue weighted by Crippen LogP contribution is -2.55. The number of urea groups is 1. The number of nitrogens with zero attached hydrogens (tertiary/aromatic N) is 1. The second-order valence-electron chi connectivity index (χ2n) is 5.58. The van der Waals surface area contributed by atoms with E-state index in [2.05, 4.69) is 17.2 Å². The normalized spacial score (nSPS) is 13.3. The summed E-state index contributed by atoms with van der Waals surface area (Å²) < 4.78 is 0. The van der Waals surface area contributed by atoms with E-state index in [1.54, 1.807) is 12.1 Å². The number of hydrogen-bond acceptors (Lipinski definition) is 5. The van der Waals surface area contributed by atoms with Crippen LogP contribution in [0.4, 0.5) is 4.79 Å². The monoisotopic (exact) mass is 331 g/mol. The van der Waals surface area contributed by atoms with Gasteiger partial charge in [-0.15, -0.1) is 6.58 Å². The number of hydroxylamine groups is 2. The topological polar surface area (TPSA) is 105 Å². The van der Waals surface area contributed by atoms with Crippen LogP contribution in [0.25, 0.3) is 0 Å². The van der Waals surface area contributed by atoms with Crippen molar-refractivity contribution in [3.8, 4) is 0 Å². The summed E-state index contributed by atoms with van der Waals surface area (Å²) in [4.78, 5) is 53.1. The Morgan fingerprint density at radius 2 is 1.75 bits per heavy atom. The van der Waals surface area contributed by atoms with Gasteiger partial charge < -0.3 is 15.5 Å². The van der Waals surface area contributed by atoms with Gasteiger partial charge >= 0.3 is 12.0 Å². The lowest BCUT2D eigenvalue weighted by molar-refractivity contribution is -0.175. The summed E-state index contributed by atoms with van der Waals surface area (Å²) in [5, 5.41) is 5.24. The van der Waals surface area contributed by atoms with Gasteiger partial charge in [-0.2, -0.15) is 0 Å². The van der Waals surface area contributed by atoms with E-state index < -0.39 is 29.4 Å². The molecule has 0 radical (unpaired) electrons. The van der Waals surface area contributed by atoms with E-state index in [0.717, 1.165) is 0 Å². The average Bonchev–Trinajstić information content (AvgIpc) is 2.78. The minimum absolute atomic E-state index is 0.157. The standard InChI is InChI=1S/C16H17N3O5/c1-4-9-17-15(23)18-16(2,3)14(22)24-19-12(20)10-7-5-6-8-11(10)13(19)21/h4-8H,1,9H2,2-3H3,(H2,17,18,23). The molecule has 0 atom stereocenters. The zero-order chi connectivity index (χ0) is 17.9. The molecule has 8 nitrogen and oxygen atoms in total. The predicted octanol–water partition coefficient (Wildman–Crippen LogP) is 1.00. The predicted molar refractivity (Wildman–Crippen MR) is 83.8 cm³/mol. The quantitative estimate of drug-likeness (QED) is 0.619. The van der Waals surface area contributed by atoms with E-state index in [0.29, 0.717) is 5.06 Å². The van der Waals surface area contributed by atoms with Crippen LogP contribution < -0.4 is 10.6 Å². The molecule has 2 N–H and O–H groups in total. The van der Waals surface area contributed by atoms with E-state index in [-0.39, 0.29) is 17.7 Å². The molecule has 1 aromatic rings. The zero-order valence-corrected chi connectivity index (χ0v) is 13.3. The van der Waals surface area contributed by atoms with Crippen LogP contribution in [0.5, 0.6) is 0 Å². The number of amides is 4. The van der Waals surface area contributed by atoms with Gasteiger partial charge in [-0.3, -0.25) is 9.59 Å². The first-order valence-corrected chi connectivity index (χ1v) is 7.15. The smallest absolute Gasteiger partial charge is 0.335 e. The van der Waals surface area contributed by atoms with E-state index in [4.69, 9.17) is 4.84 Å². The highest BCUT2D eigenvalue weighted by Gasteiger charge is 2.42. The van der Waals surface area contributed by atoms with E-state index in [1.807, 2.05) is 0 Å².